The first kappa shape index (κ1) is 17.5. The van der Waals surface area contributed by atoms with Crippen LogP contribution in [0.4, 0.5) is 0 Å². The summed E-state index contributed by atoms with van der Waals surface area (Å²) >= 11 is 0. The van der Waals surface area contributed by atoms with Crippen molar-refractivity contribution in [2.24, 2.45) is 0 Å². The number of hydrogen-bond donors (Lipinski definition) is 2. The van der Waals surface area contributed by atoms with Gasteiger partial charge in [-0.25, -0.2) is 0 Å². The Bertz CT molecular complexity index is 685. The summed E-state index contributed by atoms with van der Waals surface area (Å²) in [6.45, 7) is 1.66. The lowest BCUT2D eigenvalue weighted by Crippen LogP contribution is -2.12. The predicted molar refractivity (Wildman–Crippen MR) is 91.2 cm³/mol. The lowest BCUT2D eigenvalue weighted by atomic mass is 9.98. The zero-order valence-electron chi connectivity index (χ0n) is 14.1. The van der Waals surface area contributed by atoms with E-state index in [2.05, 4.69) is 0 Å². The minimum Gasteiger partial charge on any atom is -0.493 e. The van der Waals surface area contributed by atoms with Gasteiger partial charge in [0.2, 0.25) is 0 Å². The van der Waals surface area contributed by atoms with Crippen LogP contribution in [0.5, 0.6) is 17.2 Å². The maximum absolute atomic E-state index is 10.5. The van der Waals surface area contributed by atoms with Gasteiger partial charge in [-0.2, -0.15) is 0 Å². The van der Waals surface area contributed by atoms with Crippen LogP contribution in [-0.2, 0) is 4.74 Å². The van der Waals surface area contributed by atoms with Crippen LogP contribution in [0, 0.1) is 0 Å². The molecule has 4 aliphatic rings. The fraction of sp³-hybridized carbons (Fsp3) is 0.368. The first-order valence-electron chi connectivity index (χ1n) is 8.16. The molecule has 2 unspecified atom stereocenters. The summed E-state index contributed by atoms with van der Waals surface area (Å²) in [7, 11) is 1.53. The molecule has 2 aromatic rings. The minimum atomic E-state index is -1.09. The Kier molecular flexibility index (Phi) is 5.75. The second-order valence-corrected chi connectivity index (χ2v) is 5.68. The van der Waals surface area contributed by atoms with Crippen molar-refractivity contribution in [3.8, 4) is 17.2 Å². The van der Waals surface area contributed by atoms with Gasteiger partial charge in [0.1, 0.15) is 31.2 Å². The Balaban J connectivity index is 1.91. The normalized spacial score (nSPS) is 21.2. The van der Waals surface area contributed by atoms with Crippen molar-refractivity contribution < 1.29 is 29.2 Å². The highest BCUT2D eigenvalue weighted by Gasteiger charge is 2.22. The average Bonchev–Trinajstić information content (AvgIpc) is 2.66. The van der Waals surface area contributed by atoms with E-state index < -0.39 is 12.2 Å². The summed E-state index contributed by atoms with van der Waals surface area (Å²) < 4.78 is 22.0. The quantitative estimate of drug-likeness (QED) is 0.825. The molecule has 0 radical (unpaired) electrons. The summed E-state index contributed by atoms with van der Waals surface area (Å²) in [5.74, 6) is 1.73. The van der Waals surface area contributed by atoms with Gasteiger partial charge in [-0.3, -0.25) is 0 Å². The number of hydrogen-bond acceptors (Lipinski definition) is 6. The molecule has 0 aromatic heterocycles. The summed E-state index contributed by atoms with van der Waals surface area (Å²) in [5.41, 5.74) is 1.14. The molecule has 0 spiro atoms. The standard InChI is InChI=1S/C19H22O6/c1-22-17-12-14-4-7-16(17)25-11-9-23-8-10-24-15-5-2-13(3-6-15)18(20)19(14)21/h2-7,12,18-21H,8-11H2,1H3. The molecule has 0 amide bonds. The Morgan fingerprint density at radius 1 is 0.840 bits per heavy atom. The van der Waals surface area contributed by atoms with Gasteiger partial charge in [0.15, 0.2) is 11.5 Å². The Morgan fingerprint density at radius 2 is 1.48 bits per heavy atom. The van der Waals surface area contributed by atoms with Gasteiger partial charge in [-0.15, -0.1) is 0 Å². The monoisotopic (exact) mass is 346 g/mol. The molecular formula is C19H22O6. The summed E-state index contributed by atoms with van der Waals surface area (Å²) in [6.07, 6.45) is -2.15. The van der Waals surface area contributed by atoms with Crippen molar-refractivity contribution in [3.63, 3.8) is 0 Å². The molecule has 2 N–H and O–H groups in total. The molecule has 6 nitrogen and oxygen atoms in total. The lowest BCUT2D eigenvalue weighted by molar-refractivity contribution is 0.0171. The third kappa shape index (κ3) is 4.22. The second-order valence-electron chi connectivity index (χ2n) is 5.68. The van der Waals surface area contributed by atoms with Crippen LogP contribution in [0.1, 0.15) is 23.3 Å². The SMILES string of the molecule is COc1cc2ccc1OCCOCCOc1ccc(cc1)C(O)C2O. The molecule has 25 heavy (non-hydrogen) atoms. The van der Waals surface area contributed by atoms with Crippen molar-refractivity contribution in [1.82, 2.24) is 0 Å². The molecule has 0 aliphatic carbocycles. The van der Waals surface area contributed by atoms with Crippen LogP contribution < -0.4 is 14.2 Å². The largest absolute Gasteiger partial charge is 0.493 e. The Morgan fingerprint density at radius 3 is 2.20 bits per heavy atom. The fourth-order valence-electron chi connectivity index (χ4n) is 2.64. The molecule has 4 heterocycles. The second kappa shape index (κ2) is 8.20. The van der Waals surface area contributed by atoms with Crippen molar-refractivity contribution in [1.29, 1.82) is 0 Å². The first-order chi connectivity index (χ1) is 12.2. The van der Waals surface area contributed by atoms with E-state index in [0.29, 0.717) is 54.8 Å². The van der Waals surface area contributed by atoms with Crippen molar-refractivity contribution in [2.75, 3.05) is 33.5 Å². The van der Waals surface area contributed by atoms with E-state index in [1.54, 1.807) is 42.5 Å². The average molecular weight is 346 g/mol. The van der Waals surface area contributed by atoms with Crippen molar-refractivity contribution >= 4 is 0 Å². The molecule has 0 saturated carbocycles. The highest BCUT2D eigenvalue weighted by atomic mass is 16.6. The predicted octanol–water partition coefficient (Wildman–Crippen LogP) is 2.25. The van der Waals surface area contributed by atoms with Gasteiger partial charge in [0, 0.05) is 0 Å². The molecule has 0 fully saturated rings. The number of ether oxygens (including phenoxy) is 4. The van der Waals surface area contributed by atoms with Gasteiger partial charge in [0.25, 0.3) is 0 Å². The van der Waals surface area contributed by atoms with Gasteiger partial charge in [-0.1, -0.05) is 18.2 Å². The molecular weight excluding hydrogens is 324 g/mol. The molecule has 2 aromatic carbocycles. The third-order valence-electron chi connectivity index (χ3n) is 4.03. The zero-order valence-corrected chi connectivity index (χ0v) is 14.1. The topological polar surface area (TPSA) is 77.4 Å². The van der Waals surface area contributed by atoms with Crippen LogP contribution in [-0.4, -0.2) is 43.8 Å². The van der Waals surface area contributed by atoms with Crippen LogP contribution in [0.25, 0.3) is 0 Å². The summed E-state index contributed by atoms with van der Waals surface area (Å²) in [6, 6.07) is 12.1. The molecule has 134 valence electrons. The number of benzene rings is 2. The number of rotatable bonds is 1. The third-order valence-corrected chi connectivity index (χ3v) is 4.03. The molecule has 6 rings (SSSR count). The van der Waals surface area contributed by atoms with Gasteiger partial charge >= 0.3 is 0 Å². The van der Waals surface area contributed by atoms with Gasteiger partial charge in [-0.05, 0) is 35.4 Å². The van der Waals surface area contributed by atoms with Crippen LogP contribution >= 0.6 is 0 Å². The van der Waals surface area contributed by atoms with Crippen LogP contribution in [0.3, 0.4) is 0 Å². The van der Waals surface area contributed by atoms with E-state index in [1.807, 2.05) is 0 Å². The summed E-state index contributed by atoms with van der Waals surface area (Å²) in [5, 5.41) is 21.0. The van der Waals surface area contributed by atoms with Crippen LogP contribution in [0.15, 0.2) is 42.5 Å². The van der Waals surface area contributed by atoms with E-state index in [4.69, 9.17) is 18.9 Å². The van der Waals surface area contributed by atoms with Crippen LogP contribution in [0.2, 0.25) is 0 Å². The highest BCUT2D eigenvalue weighted by molar-refractivity contribution is 5.44. The Hall–Kier alpha value is -2.28. The highest BCUT2D eigenvalue weighted by Crippen LogP contribution is 2.35. The summed E-state index contributed by atoms with van der Waals surface area (Å²) in [4.78, 5) is 0. The zero-order chi connectivity index (χ0) is 17.6. The molecule has 2 atom stereocenters. The first-order valence-corrected chi connectivity index (χ1v) is 8.16. The van der Waals surface area contributed by atoms with Crippen molar-refractivity contribution in [3.05, 3.63) is 53.6 Å². The van der Waals surface area contributed by atoms with E-state index >= 15 is 0 Å². The van der Waals surface area contributed by atoms with Crippen molar-refractivity contribution in [2.45, 2.75) is 12.2 Å². The molecule has 4 aliphatic heterocycles. The van der Waals surface area contributed by atoms with Gasteiger partial charge in [0.05, 0.1) is 20.3 Å². The number of aliphatic hydroxyl groups excluding tert-OH is 2. The Labute approximate surface area is 146 Å². The minimum absolute atomic E-state index is 0.370. The van der Waals surface area contributed by atoms with E-state index in [0.717, 1.165) is 0 Å². The molecule has 6 heteroatoms. The number of aliphatic hydroxyl groups is 2. The number of methoxy groups -OCH3 is 1. The van der Waals surface area contributed by atoms with Gasteiger partial charge < -0.3 is 29.2 Å². The maximum atomic E-state index is 10.5. The van der Waals surface area contributed by atoms with E-state index in [-0.39, 0.29) is 0 Å². The van der Waals surface area contributed by atoms with E-state index in [1.165, 1.54) is 7.11 Å². The van der Waals surface area contributed by atoms with E-state index in [9.17, 15) is 10.2 Å². The smallest absolute Gasteiger partial charge is 0.161 e. The molecule has 0 saturated heterocycles. The molecule has 4 bridgehead atoms. The maximum Gasteiger partial charge on any atom is 0.161 e. The lowest BCUT2D eigenvalue weighted by Gasteiger charge is -2.20. The fourth-order valence-corrected chi connectivity index (χ4v) is 2.64.